The Morgan fingerprint density at radius 1 is 1.45 bits per heavy atom. The van der Waals surface area contributed by atoms with Crippen LogP contribution in [-0.2, 0) is 9.53 Å². The molecule has 0 radical (unpaired) electrons. The van der Waals surface area contributed by atoms with Gasteiger partial charge in [0.1, 0.15) is 5.71 Å². The molecule has 20 heavy (non-hydrogen) atoms. The predicted octanol–water partition coefficient (Wildman–Crippen LogP) is 0.169. The number of hydrogen-bond acceptors (Lipinski definition) is 5. The van der Waals surface area contributed by atoms with E-state index in [0.29, 0.717) is 25.2 Å². The lowest BCUT2D eigenvalue weighted by Gasteiger charge is -2.20. The van der Waals surface area contributed by atoms with Crippen LogP contribution in [0.4, 0.5) is 4.79 Å². The summed E-state index contributed by atoms with van der Waals surface area (Å²) >= 11 is 0. The standard InChI is InChI=1S/C13H14N4O3/c1-20-12(19)17-7-4-13(8-17)15-10(11(18)16-13)9-2-5-14-6-3-9/h2-3,5-6H,4,7-8H2,1H3,(H,16,18). The van der Waals surface area contributed by atoms with Gasteiger partial charge in [-0.25, -0.2) is 9.79 Å². The van der Waals surface area contributed by atoms with E-state index in [1.54, 1.807) is 29.4 Å². The highest BCUT2D eigenvalue weighted by Gasteiger charge is 2.46. The molecule has 104 valence electrons. The van der Waals surface area contributed by atoms with Gasteiger partial charge in [0.25, 0.3) is 5.91 Å². The summed E-state index contributed by atoms with van der Waals surface area (Å²) in [4.78, 5) is 33.6. The number of rotatable bonds is 1. The average Bonchev–Trinajstić information content (AvgIpc) is 3.03. The molecular formula is C13H14N4O3. The minimum absolute atomic E-state index is 0.220. The summed E-state index contributed by atoms with van der Waals surface area (Å²) in [6.45, 7) is 0.847. The van der Waals surface area contributed by atoms with E-state index >= 15 is 0 Å². The molecule has 1 N–H and O–H groups in total. The van der Waals surface area contributed by atoms with Crippen LogP contribution in [0.2, 0.25) is 0 Å². The van der Waals surface area contributed by atoms with E-state index in [-0.39, 0.29) is 5.91 Å². The molecular weight excluding hydrogens is 260 g/mol. The van der Waals surface area contributed by atoms with Gasteiger partial charge >= 0.3 is 6.09 Å². The highest BCUT2D eigenvalue weighted by molar-refractivity contribution is 6.46. The SMILES string of the molecule is COC(=O)N1CCC2(C1)N=C(c1ccncc1)C(=O)N2. The molecule has 0 aromatic carbocycles. The first-order chi connectivity index (χ1) is 9.63. The molecule has 1 spiro atoms. The number of carbonyl (C=O) groups is 2. The van der Waals surface area contributed by atoms with Gasteiger partial charge in [-0.2, -0.15) is 0 Å². The fraction of sp³-hybridized carbons (Fsp3) is 0.385. The van der Waals surface area contributed by atoms with Crippen LogP contribution in [0.25, 0.3) is 0 Å². The van der Waals surface area contributed by atoms with Crippen molar-refractivity contribution in [1.82, 2.24) is 15.2 Å². The van der Waals surface area contributed by atoms with Crippen LogP contribution in [0.1, 0.15) is 12.0 Å². The number of nitrogens with one attached hydrogen (secondary N) is 1. The number of hydrogen-bond donors (Lipinski definition) is 1. The summed E-state index contributed by atoms with van der Waals surface area (Å²) in [7, 11) is 1.34. The zero-order valence-electron chi connectivity index (χ0n) is 11.0. The van der Waals surface area contributed by atoms with Gasteiger partial charge in [0.15, 0.2) is 5.66 Å². The molecule has 1 saturated heterocycles. The number of amides is 2. The summed E-state index contributed by atoms with van der Waals surface area (Å²) in [6, 6.07) is 3.48. The van der Waals surface area contributed by atoms with Gasteiger partial charge in [0.2, 0.25) is 0 Å². The van der Waals surface area contributed by atoms with Gasteiger partial charge in [0.05, 0.1) is 13.7 Å². The second-order valence-corrected chi connectivity index (χ2v) is 4.82. The van der Waals surface area contributed by atoms with Crippen molar-refractivity contribution in [3.05, 3.63) is 30.1 Å². The molecule has 1 aromatic rings. The van der Waals surface area contributed by atoms with Crippen LogP contribution >= 0.6 is 0 Å². The van der Waals surface area contributed by atoms with E-state index in [1.807, 2.05) is 0 Å². The first-order valence-electron chi connectivity index (χ1n) is 6.29. The number of carbonyl (C=O) groups excluding carboxylic acids is 2. The molecule has 0 bridgehead atoms. The van der Waals surface area contributed by atoms with Crippen LogP contribution in [0.5, 0.6) is 0 Å². The highest BCUT2D eigenvalue weighted by atomic mass is 16.5. The fourth-order valence-corrected chi connectivity index (χ4v) is 2.54. The molecule has 1 aromatic heterocycles. The van der Waals surface area contributed by atoms with Crippen molar-refractivity contribution in [3.8, 4) is 0 Å². The summed E-state index contributed by atoms with van der Waals surface area (Å²) in [5.41, 5.74) is 0.397. The number of pyridine rings is 1. The number of likely N-dealkylation sites (tertiary alicyclic amines) is 1. The second-order valence-electron chi connectivity index (χ2n) is 4.82. The molecule has 3 rings (SSSR count). The predicted molar refractivity (Wildman–Crippen MR) is 70.2 cm³/mol. The fourth-order valence-electron chi connectivity index (χ4n) is 2.54. The lowest BCUT2D eigenvalue weighted by atomic mass is 10.1. The first-order valence-corrected chi connectivity index (χ1v) is 6.29. The number of aromatic nitrogens is 1. The van der Waals surface area contributed by atoms with Crippen LogP contribution in [-0.4, -0.2) is 53.5 Å². The van der Waals surface area contributed by atoms with E-state index in [1.165, 1.54) is 7.11 Å². The van der Waals surface area contributed by atoms with Crippen molar-refractivity contribution in [2.24, 2.45) is 4.99 Å². The Hall–Kier alpha value is -2.44. The number of nitrogens with zero attached hydrogens (tertiary/aromatic N) is 3. The Morgan fingerprint density at radius 2 is 2.20 bits per heavy atom. The molecule has 0 saturated carbocycles. The molecule has 2 amide bonds. The zero-order chi connectivity index (χ0) is 14.2. The Kier molecular flexibility index (Phi) is 2.89. The average molecular weight is 274 g/mol. The summed E-state index contributed by atoms with van der Waals surface area (Å²) in [6.07, 6.45) is 3.42. The minimum Gasteiger partial charge on any atom is -0.453 e. The Morgan fingerprint density at radius 3 is 2.90 bits per heavy atom. The van der Waals surface area contributed by atoms with Crippen LogP contribution in [0, 0.1) is 0 Å². The molecule has 0 aliphatic carbocycles. The Bertz CT molecular complexity index is 587. The van der Waals surface area contributed by atoms with Gasteiger partial charge in [-0.1, -0.05) is 0 Å². The maximum absolute atomic E-state index is 12.1. The first kappa shape index (κ1) is 12.6. The summed E-state index contributed by atoms with van der Waals surface area (Å²) in [5, 5.41) is 2.87. The maximum atomic E-state index is 12.1. The number of aliphatic imine (C=N–C) groups is 1. The molecule has 1 atom stereocenters. The zero-order valence-corrected chi connectivity index (χ0v) is 11.0. The van der Waals surface area contributed by atoms with E-state index < -0.39 is 11.8 Å². The van der Waals surface area contributed by atoms with E-state index in [0.717, 1.165) is 5.56 Å². The van der Waals surface area contributed by atoms with Gasteiger partial charge < -0.3 is 15.0 Å². The molecule has 2 aliphatic rings. The van der Waals surface area contributed by atoms with Crippen molar-refractivity contribution < 1.29 is 14.3 Å². The van der Waals surface area contributed by atoms with E-state index in [9.17, 15) is 9.59 Å². The minimum atomic E-state index is -0.718. The third kappa shape index (κ3) is 2.01. The molecule has 1 fully saturated rings. The van der Waals surface area contributed by atoms with E-state index in [2.05, 4.69) is 15.3 Å². The van der Waals surface area contributed by atoms with Crippen molar-refractivity contribution in [2.75, 3.05) is 20.2 Å². The second kappa shape index (κ2) is 4.59. The molecule has 1 unspecified atom stereocenters. The smallest absolute Gasteiger partial charge is 0.409 e. The third-order valence-corrected chi connectivity index (χ3v) is 3.52. The van der Waals surface area contributed by atoms with Crippen molar-refractivity contribution in [1.29, 1.82) is 0 Å². The topological polar surface area (TPSA) is 83.9 Å². The van der Waals surface area contributed by atoms with Gasteiger partial charge in [0, 0.05) is 30.9 Å². The third-order valence-electron chi connectivity index (χ3n) is 3.52. The van der Waals surface area contributed by atoms with Gasteiger partial charge in [-0.3, -0.25) is 9.78 Å². The number of ether oxygens (including phenoxy) is 1. The normalized spacial score (nSPS) is 24.8. The van der Waals surface area contributed by atoms with Crippen molar-refractivity contribution in [3.63, 3.8) is 0 Å². The lowest BCUT2D eigenvalue weighted by molar-refractivity contribution is -0.115. The highest BCUT2D eigenvalue weighted by Crippen LogP contribution is 2.28. The molecule has 2 aliphatic heterocycles. The Labute approximate surface area is 115 Å². The monoisotopic (exact) mass is 274 g/mol. The summed E-state index contributed by atoms with van der Waals surface area (Å²) < 4.78 is 4.69. The Balaban J connectivity index is 1.86. The lowest BCUT2D eigenvalue weighted by Crippen LogP contribution is -2.45. The van der Waals surface area contributed by atoms with Gasteiger partial charge in [-0.15, -0.1) is 0 Å². The van der Waals surface area contributed by atoms with Gasteiger partial charge in [-0.05, 0) is 12.1 Å². The van der Waals surface area contributed by atoms with Crippen LogP contribution in [0.3, 0.4) is 0 Å². The van der Waals surface area contributed by atoms with Crippen LogP contribution < -0.4 is 5.32 Å². The van der Waals surface area contributed by atoms with Crippen molar-refractivity contribution in [2.45, 2.75) is 12.1 Å². The van der Waals surface area contributed by atoms with Crippen LogP contribution in [0.15, 0.2) is 29.5 Å². The maximum Gasteiger partial charge on any atom is 0.409 e. The number of methoxy groups -OCH3 is 1. The molecule has 7 heteroatoms. The van der Waals surface area contributed by atoms with Crippen molar-refractivity contribution >= 4 is 17.7 Å². The quantitative estimate of drug-likeness (QED) is 0.791. The molecule has 3 heterocycles. The molecule has 7 nitrogen and oxygen atoms in total. The van der Waals surface area contributed by atoms with E-state index in [4.69, 9.17) is 4.74 Å². The summed E-state index contributed by atoms with van der Waals surface area (Å²) in [5.74, 6) is -0.220. The largest absolute Gasteiger partial charge is 0.453 e.